The molecule has 21 heavy (non-hydrogen) atoms. The van der Waals surface area contributed by atoms with Crippen molar-refractivity contribution in [1.29, 1.82) is 0 Å². The standard InChI is InChI=1S/C15H29N3O2S/c1-7-9-18-12-14(10-13(18)11-16-5)21(19,20)17(6)15(3,4)8-2/h10,12,16H,7-9,11H2,1-6H3. The van der Waals surface area contributed by atoms with E-state index in [-0.39, 0.29) is 0 Å². The van der Waals surface area contributed by atoms with E-state index in [1.54, 1.807) is 19.3 Å². The summed E-state index contributed by atoms with van der Waals surface area (Å²) in [5, 5.41) is 3.09. The van der Waals surface area contributed by atoms with Gasteiger partial charge in [0.2, 0.25) is 10.0 Å². The maximum absolute atomic E-state index is 12.8. The molecule has 0 aliphatic carbocycles. The summed E-state index contributed by atoms with van der Waals surface area (Å²) in [7, 11) is 0.0630. The number of sulfonamides is 1. The van der Waals surface area contributed by atoms with Crippen LogP contribution in [0, 0.1) is 0 Å². The molecule has 0 saturated carbocycles. The Labute approximate surface area is 129 Å². The van der Waals surface area contributed by atoms with Crippen LogP contribution in [0.1, 0.15) is 46.2 Å². The lowest BCUT2D eigenvalue weighted by Crippen LogP contribution is -2.44. The van der Waals surface area contributed by atoms with Crippen LogP contribution in [0.3, 0.4) is 0 Å². The number of hydrogen-bond donors (Lipinski definition) is 1. The summed E-state index contributed by atoms with van der Waals surface area (Å²) < 4.78 is 29.1. The first-order valence-electron chi connectivity index (χ1n) is 7.53. The Hall–Kier alpha value is -0.850. The summed E-state index contributed by atoms with van der Waals surface area (Å²) >= 11 is 0. The fourth-order valence-corrected chi connectivity index (χ4v) is 3.79. The van der Waals surface area contributed by atoms with Gasteiger partial charge in [0.1, 0.15) is 4.90 Å². The van der Waals surface area contributed by atoms with Crippen LogP contribution in [0.2, 0.25) is 0 Å². The van der Waals surface area contributed by atoms with Gasteiger partial charge in [-0.25, -0.2) is 8.42 Å². The molecular weight excluding hydrogens is 286 g/mol. The van der Waals surface area contributed by atoms with Crippen LogP contribution < -0.4 is 5.32 Å². The Balaban J connectivity index is 3.22. The van der Waals surface area contributed by atoms with Crippen LogP contribution in [0.5, 0.6) is 0 Å². The van der Waals surface area contributed by atoms with E-state index in [4.69, 9.17) is 0 Å². The Bertz CT molecular complexity index is 538. The lowest BCUT2D eigenvalue weighted by Gasteiger charge is -2.33. The molecule has 0 atom stereocenters. The van der Waals surface area contributed by atoms with Crippen molar-refractivity contribution in [2.75, 3.05) is 14.1 Å². The minimum Gasteiger partial charge on any atom is -0.349 e. The zero-order chi connectivity index (χ0) is 16.3. The molecule has 0 saturated heterocycles. The van der Waals surface area contributed by atoms with Crippen LogP contribution in [0.15, 0.2) is 17.2 Å². The van der Waals surface area contributed by atoms with Gasteiger partial charge >= 0.3 is 0 Å². The SMILES string of the molecule is CCCn1cc(S(=O)(=O)N(C)C(C)(C)CC)cc1CNC. The molecule has 5 nitrogen and oxygen atoms in total. The van der Waals surface area contributed by atoms with Crippen molar-refractivity contribution in [3.63, 3.8) is 0 Å². The molecule has 1 aromatic rings. The normalized spacial score (nSPS) is 13.1. The van der Waals surface area contributed by atoms with Crippen LogP contribution in [-0.2, 0) is 23.1 Å². The van der Waals surface area contributed by atoms with Crippen molar-refractivity contribution >= 4 is 10.0 Å². The van der Waals surface area contributed by atoms with E-state index in [1.165, 1.54) is 4.31 Å². The minimum absolute atomic E-state index is 0.380. The Morgan fingerprint density at radius 3 is 2.43 bits per heavy atom. The lowest BCUT2D eigenvalue weighted by atomic mass is 10.0. The van der Waals surface area contributed by atoms with Crippen LogP contribution >= 0.6 is 0 Å². The molecule has 0 amide bonds. The van der Waals surface area contributed by atoms with Gasteiger partial charge < -0.3 is 9.88 Å². The van der Waals surface area contributed by atoms with Crippen molar-refractivity contribution in [2.24, 2.45) is 0 Å². The van der Waals surface area contributed by atoms with Crippen LogP contribution in [-0.4, -0.2) is 36.9 Å². The molecule has 0 radical (unpaired) electrons. The third-order valence-electron chi connectivity index (χ3n) is 4.16. The van der Waals surface area contributed by atoms with E-state index in [2.05, 4.69) is 12.2 Å². The van der Waals surface area contributed by atoms with Crippen LogP contribution in [0.25, 0.3) is 0 Å². The molecule has 1 heterocycles. The second-order valence-corrected chi connectivity index (χ2v) is 8.00. The third kappa shape index (κ3) is 3.87. The van der Waals surface area contributed by atoms with E-state index in [0.717, 1.165) is 25.1 Å². The quantitative estimate of drug-likeness (QED) is 0.801. The van der Waals surface area contributed by atoms with Crippen molar-refractivity contribution in [1.82, 2.24) is 14.2 Å². The Morgan fingerprint density at radius 1 is 1.33 bits per heavy atom. The predicted molar refractivity (Wildman–Crippen MR) is 86.8 cm³/mol. The van der Waals surface area contributed by atoms with Gasteiger partial charge in [-0.3, -0.25) is 0 Å². The van der Waals surface area contributed by atoms with Gasteiger partial charge in [0.25, 0.3) is 0 Å². The highest BCUT2D eigenvalue weighted by atomic mass is 32.2. The third-order valence-corrected chi connectivity index (χ3v) is 6.19. The largest absolute Gasteiger partial charge is 0.349 e. The number of rotatable bonds is 8. The average Bonchev–Trinajstić information content (AvgIpc) is 2.83. The molecule has 0 fully saturated rings. The van der Waals surface area contributed by atoms with Gasteiger partial charge in [-0.15, -0.1) is 0 Å². The predicted octanol–water partition coefficient (Wildman–Crippen LogP) is 2.43. The number of aryl methyl sites for hydroxylation is 1. The number of nitrogens with one attached hydrogen (secondary N) is 1. The molecule has 122 valence electrons. The maximum atomic E-state index is 12.8. The molecule has 1 rings (SSSR count). The minimum atomic E-state index is -3.46. The molecule has 1 aromatic heterocycles. The second-order valence-electron chi connectivity index (χ2n) is 6.03. The number of hydrogen-bond acceptors (Lipinski definition) is 3. The maximum Gasteiger partial charge on any atom is 0.244 e. The molecule has 0 aliphatic rings. The fraction of sp³-hybridized carbons (Fsp3) is 0.733. The van der Waals surface area contributed by atoms with E-state index in [1.807, 2.05) is 32.4 Å². The number of nitrogens with zero attached hydrogens (tertiary/aromatic N) is 2. The lowest BCUT2D eigenvalue weighted by molar-refractivity contribution is 0.257. The first-order chi connectivity index (χ1) is 9.70. The summed E-state index contributed by atoms with van der Waals surface area (Å²) in [6.45, 7) is 9.47. The van der Waals surface area contributed by atoms with Crippen molar-refractivity contribution < 1.29 is 8.42 Å². The van der Waals surface area contributed by atoms with E-state index in [9.17, 15) is 8.42 Å². The highest BCUT2D eigenvalue weighted by molar-refractivity contribution is 7.89. The molecule has 6 heteroatoms. The molecule has 0 spiro atoms. The van der Waals surface area contributed by atoms with Crippen molar-refractivity contribution in [3.05, 3.63) is 18.0 Å². The smallest absolute Gasteiger partial charge is 0.244 e. The van der Waals surface area contributed by atoms with Crippen molar-refractivity contribution in [2.45, 2.75) is 64.1 Å². The van der Waals surface area contributed by atoms with Gasteiger partial charge in [0.05, 0.1) is 0 Å². The van der Waals surface area contributed by atoms with Gasteiger partial charge in [-0.2, -0.15) is 4.31 Å². The van der Waals surface area contributed by atoms with E-state index >= 15 is 0 Å². The van der Waals surface area contributed by atoms with Gasteiger partial charge in [-0.1, -0.05) is 13.8 Å². The summed E-state index contributed by atoms with van der Waals surface area (Å²) in [6, 6.07) is 1.78. The molecule has 0 unspecified atom stereocenters. The molecule has 0 bridgehead atoms. The Kier molecular flexibility index (Phi) is 6.01. The van der Waals surface area contributed by atoms with Gasteiger partial charge in [-0.05, 0) is 39.8 Å². The van der Waals surface area contributed by atoms with Crippen molar-refractivity contribution in [3.8, 4) is 0 Å². The van der Waals surface area contributed by atoms with E-state index < -0.39 is 15.6 Å². The molecule has 0 aromatic carbocycles. The zero-order valence-corrected chi connectivity index (χ0v) is 14.9. The first-order valence-corrected chi connectivity index (χ1v) is 8.97. The summed E-state index contributed by atoms with van der Waals surface area (Å²) in [6.07, 6.45) is 3.50. The highest BCUT2D eigenvalue weighted by Gasteiger charge is 2.33. The summed E-state index contributed by atoms with van der Waals surface area (Å²) in [5.41, 5.74) is 0.607. The second kappa shape index (κ2) is 6.94. The van der Waals surface area contributed by atoms with Gasteiger partial charge in [0.15, 0.2) is 0 Å². The molecule has 1 N–H and O–H groups in total. The fourth-order valence-electron chi connectivity index (χ4n) is 2.15. The average molecular weight is 315 g/mol. The van der Waals surface area contributed by atoms with Gasteiger partial charge in [0, 0.05) is 37.6 Å². The Morgan fingerprint density at radius 2 is 1.95 bits per heavy atom. The summed E-state index contributed by atoms with van der Waals surface area (Å²) in [5.74, 6) is 0. The topological polar surface area (TPSA) is 54.3 Å². The zero-order valence-electron chi connectivity index (χ0n) is 14.1. The summed E-state index contributed by atoms with van der Waals surface area (Å²) in [4.78, 5) is 0.380. The molecular formula is C15H29N3O2S. The monoisotopic (exact) mass is 315 g/mol. The highest BCUT2D eigenvalue weighted by Crippen LogP contribution is 2.26. The first kappa shape index (κ1) is 18.2. The molecule has 0 aliphatic heterocycles. The van der Waals surface area contributed by atoms with E-state index in [0.29, 0.717) is 11.4 Å². The number of aromatic nitrogens is 1. The van der Waals surface area contributed by atoms with Crippen LogP contribution in [0.4, 0.5) is 0 Å².